The smallest absolute Gasteiger partial charge is 0.263 e. The van der Waals surface area contributed by atoms with E-state index < -0.39 is 6.43 Å². The Balaban J connectivity index is 1.68. The zero-order valence-electron chi connectivity index (χ0n) is 14.1. The molecular weight excluding hydrogens is 378 g/mol. The minimum atomic E-state index is -2.52. The van der Waals surface area contributed by atoms with Gasteiger partial charge >= 0.3 is 0 Å². The van der Waals surface area contributed by atoms with E-state index in [1.54, 1.807) is 29.2 Å². The molecule has 0 aliphatic rings. The highest BCUT2D eigenvalue weighted by Crippen LogP contribution is 2.23. The molecule has 142 valence electrons. The number of alkyl halides is 2. The molecule has 0 fully saturated rings. The Hall–Kier alpha value is -2.78. The quantitative estimate of drug-likeness (QED) is 0.541. The van der Waals surface area contributed by atoms with Gasteiger partial charge in [-0.05, 0) is 11.6 Å². The molecule has 0 saturated heterocycles. The van der Waals surface area contributed by atoms with Crippen molar-refractivity contribution in [2.75, 3.05) is 17.2 Å². The number of aromatic nitrogens is 4. The fraction of sp³-hybridized carbons (Fsp3) is 0.235. The molecule has 0 saturated carbocycles. The van der Waals surface area contributed by atoms with Crippen LogP contribution in [0, 0.1) is 0 Å². The molecule has 3 aromatic rings. The summed E-state index contributed by atoms with van der Waals surface area (Å²) in [5.41, 5.74) is 1.30. The lowest BCUT2D eigenvalue weighted by molar-refractivity contribution is 0.151. The van der Waals surface area contributed by atoms with Crippen molar-refractivity contribution in [3.63, 3.8) is 0 Å². The van der Waals surface area contributed by atoms with E-state index in [0.717, 1.165) is 0 Å². The fourth-order valence-corrected chi connectivity index (χ4v) is 2.52. The third-order valence-electron chi connectivity index (χ3n) is 3.63. The first-order chi connectivity index (χ1) is 13.0. The Bertz CT molecular complexity index is 905. The normalized spacial score (nSPS) is 11.0. The number of rotatable bonds is 8. The van der Waals surface area contributed by atoms with E-state index in [0.29, 0.717) is 34.6 Å². The summed E-state index contributed by atoms with van der Waals surface area (Å²) >= 11 is 6.11. The Morgan fingerprint density at radius 1 is 1.26 bits per heavy atom. The van der Waals surface area contributed by atoms with Crippen LogP contribution in [-0.2, 0) is 13.1 Å². The predicted octanol–water partition coefficient (Wildman–Crippen LogP) is 3.61. The van der Waals surface area contributed by atoms with E-state index in [4.69, 9.17) is 16.7 Å². The molecule has 0 unspecified atom stereocenters. The Morgan fingerprint density at radius 3 is 2.89 bits per heavy atom. The van der Waals surface area contributed by atoms with Gasteiger partial charge in [0.05, 0.1) is 31.2 Å². The van der Waals surface area contributed by atoms with E-state index in [1.807, 2.05) is 0 Å². The van der Waals surface area contributed by atoms with Gasteiger partial charge in [0.25, 0.3) is 6.43 Å². The van der Waals surface area contributed by atoms with Crippen molar-refractivity contribution < 1.29 is 13.9 Å². The standard InChI is InChI=1S/C17H17ClF2N6O/c18-14-9-22-17(24-13-8-23-26(10-13)4-5-27)25-16(14)21-7-11-2-1-3-12(6-11)15(19)20/h1-3,6,8-10,15,27H,4-5,7H2,(H2,21,22,24,25). The van der Waals surface area contributed by atoms with Gasteiger partial charge in [0.15, 0.2) is 5.82 Å². The van der Waals surface area contributed by atoms with Crippen LogP contribution >= 0.6 is 11.6 Å². The van der Waals surface area contributed by atoms with E-state index in [-0.39, 0.29) is 18.7 Å². The van der Waals surface area contributed by atoms with Gasteiger partial charge in [-0.3, -0.25) is 4.68 Å². The molecule has 0 atom stereocenters. The molecule has 0 amide bonds. The highest BCUT2D eigenvalue weighted by atomic mass is 35.5. The van der Waals surface area contributed by atoms with Crippen LogP contribution in [0.5, 0.6) is 0 Å². The first kappa shape index (κ1) is 19.0. The summed E-state index contributed by atoms with van der Waals surface area (Å²) in [5.74, 6) is 0.672. The fourth-order valence-electron chi connectivity index (χ4n) is 2.36. The van der Waals surface area contributed by atoms with Gasteiger partial charge in [-0.15, -0.1) is 0 Å². The number of aliphatic hydroxyl groups is 1. The number of hydrogen-bond donors (Lipinski definition) is 3. The van der Waals surface area contributed by atoms with E-state index in [2.05, 4.69) is 25.7 Å². The molecule has 0 spiro atoms. The number of halogens is 3. The lowest BCUT2D eigenvalue weighted by Gasteiger charge is -2.10. The van der Waals surface area contributed by atoms with Gasteiger partial charge in [0.2, 0.25) is 5.95 Å². The van der Waals surface area contributed by atoms with E-state index in [9.17, 15) is 8.78 Å². The minimum Gasteiger partial charge on any atom is -0.394 e. The van der Waals surface area contributed by atoms with Gasteiger partial charge in [0, 0.05) is 18.3 Å². The molecule has 1 aromatic carbocycles. The van der Waals surface area contributed by atoms with Crippen molar-refractivity contribution in [1.29, 1.82) is 0 Å². The molecule has 27 heavy (non-hydrogen) atoms. The molecule has 0 radical (unpaired) electrons. The van der Waals surface area contributed by atoms with Crippen molar-refractivity contribution in [3.05, 3.63) is 59.0 Å². The van der Waals surface area contributed by atoms with Gasteiger partial charge in [-0.25, -0.2) is 13.8 Å². The number of benzene rings is 1. The topological polar surface area (TPSA) is 87.9 Å². The Labute approximate surface area is 159 Å². The molecule has 0 bridgehead atoms. The maximum Gasteiger partial charge on any atom is 0.263 e. The monoisotopic (exact) mass is 394 g/mol. The summed E-state index contributed by atoms with van der Waals surface area (Å²) in [6.07, 6.45) is 2.20. The summed E-state index contributed by atoms with van der Waals surface area (Å²) in [5, 5.41) is 19.3. The number of hydrogen-bond acceptors (Lipinski definition) is 6. The summed E-state index contributed by atoms with van der Waals surface area (Å²) in [6, 6.07) is 6.13. The molecule has 3 N–H and O–H groups in total. The van der Waals surface area contributed by atoms with Crippen LogP contribution < -0.4 is 10.6 Å². The molecule has 2 aromatic heterocycles. The average Bonchev–Trinajstić information content (AvgIpc) is 3.09. The molecule has 3 rings (SSSR count). The van der Waals surface area contributed by atoms with Crippen molar-refractivity contribution in [1.82, 2.24) is 19.7 Å². The Kier molecular flexibility index (Phi) is 6.15. The third-order valence-corrected chi connectivity index (χ3v) is 3.90. The van der Waals surface area contributed by atoms with Gasteiger partial charge in [-0.2, -0.15) is 10.1 Å². The second-order valence-corrected chi connectivity index (χ2v) is 6.04. The van der Waals surface area contributed by atoms with Crippen LogP contribution in [0.1, 0.15) is 17.6 Å². The summed E-state index contributed by atoms with van der Waals surface area (Å²) in [6.45, 7) is 0.651. The second-order valence-electron chi connectivity index (χ2n) is 5.63. The lowest BCUT2D eigenvalue weighted by atomic mass is 10.1. The minimum absolute atomic E-state index is 0.0145. The van der Waals surface area contributed by atoms with Crippen LogP contribution in [0.4, 0.5) is 26.2 Å². The maximum atomic E-state index is 12.8. The molecule has 7 nitrogen and oxygen atoms in total. The maximum absolute atomic E-state index is 12.8. The lowest BCUT2D eigenvalue weighted by Crippen LogP contribution is -2.05. The van der Waals surface area contributed by atoms with Crippen molar-refractivity contribution in [3.8, 4) is 0 Å². The molecule has 0 aliphatic carbocycles. The zero-order valence-corrected chi connectivity index (χ0v) is 14.9. The summed E-state index contributed by atoms with van der Waals surface area (Å²) in [4.78, 5) is 8.40. The number of nitrogens with zero attached hydrogens (tertiary/aromatic N) is 4. The van der Waals surface area contributed by atoms with Crippen molar-refractivity contribution in [2.45, 2.75) is 19.5 Å². The molecular formula is C17H17ClF2N6O. The SMILES string of the molecule is OCCn1cc(Nc2ncc(Cl)c(NCc3cccc(C(F)F)c3)n2)cn1. The summed E-state index contributed by atoms with van der Waals surface area (Å²) < 4.78 is 27.2. The molecule has 0 aliphatic heterocycles. The first-order valence-electron chi connectivity index (χ1n) is 8.09. The zero-order chi connectivity index (χ0) is 19.2. The van der Waals surface area contributed by atoms with Crippen LogP contribution in [0.3, 0.4) is 0 Å². The molecule has 10 heteroatoms. The number of nitrogens with one attached hydrogen (secondary N) is 2. The van der Waals surface area contributed by atoms with Gasteiger partial charge in [-0.1, -0.05) is 29.8 Å². The largest absolute Gasteiger partial charge is 0.394 e. The molecule has 2 heterocycles. The second kappa shape index (κ2) is 8.74. The summed E-state index contributed by atoms with van der Waals surface area (Å²) in [7, 11) is 0. The van der Waals surface area contributed by atoms with E-state index in [1.165, 1.54) is 18.3 Å². The first-order valence-corrected chi connectivity index (χ1v) is 8.46. The van der Waals surface area contributed by atoms with Crippen LogP contribution in [0.25, 0.3) is 0 Å². The van der Waals surface area contributed by atoms with Crippen LogP contribution in [0.15, 0.2) is 42.9 Å². The number of anilines is 3. The van der Waals surface area contributed by atoms with E-state index >= 15 is 0 Å². The third kappa shape index (κ3) is 5.11. The number of aliphatic hydroxyl groups excluding tert-OH is 1. The average molecular weight is 395 g/mol. The van der Waals surface area contributed by atoms with Crippen molar-refractivity contribution >= 4 is 29.1 Å². The predicted molar refractivity (Wildman–Crippen MR) is 98.4 cm³/mol. The highest BCUT2D eigenvalue weighted by molar-refractivity contribution is 6.32. The Morgan fingerprint density at radius 2 is 2.11 bits per heavy atom. The van der Waals surface area contributed by atoms with Crippen LogP contribution in [0.2, 0.25) is 5.02 Å². The van der Waals surface area contributed by atoms with Gasteiger partial charge in [0.1, 0.15) is 5.02 Å². The van der Waals surface area contributed by atoms with Crippen LogP contribution in [-0.4, -0.2) is 31.5 Å². The highest BCUT2D eigenvalue weighted by Gasteiger charge is 2.09. The van der Waals surface area contributed by atoms with Crippen molar-refractivity contribution in [2.24, 2.45) is 0 Å². The van der Waals surface area contributed by atoms with Gasteiger partial charge < -0.3 is 15.7 Å².